The van der Waals surface area contributed by atoms with Crippen LogP contribution in [0.15, 0.2) is 12.1 Å². The number of benzene rings is 1. The van der Waals surface area contributed by atoms with Crippen LogP contribution in [0, 0.1) is 6.92 Å². The molecule has 20 heavy (non-hydrogen) atoms. The molecule has 0 aliphatic heterocycles. The summed E-state index contributed by atoms with van der Waals surface area (Å²) in [5.74, 6) is -0.857. The minimum absolute atomic E-state index is 0.0174. The number of aromatic hydroxyl groups is 1. The Labute approximate surface area is 125 Å². The lowest BCUT2D eigenvalue weighted by Crippen LogP contribution is -2.00. The average Bonchev–Trinajstić information content (AvgIpc) is 2.33. The first-order chi connectivity index (χ1) is 9.40. The Kier molecular flexibility index (Phi) is 6.74. The van der Waals surface area contributed by atoms with E-state index >= 15 is 0 Å². The van der Waals surface area contributed by atoms with E-state index in [1.807, 2.05) is 19.1 Å². The van der Waals surface area contributed by atoms with E-state index in [-0.39, 0.29) is 17.3 Å². The molecule has 0 bridgehead atoms. The third-order valence-electron chi connectivity index (χ3n) is 2.38. The quantitative estimate of drug-likeness (QED) is 0.677. The predicted octanol–water partition coefficient (Wildman–Crippen LogP) is 2.34. The molecule has 1 rings (SSSR count). The molecule has 0 aliphatic carbocycles. The second kappa shape index (κ2) is 8.06. The van der Waals surface area contributed by atoms with Gasteiger partial charge >= 0.3 is 11.9 Å². The Morgan fingerprint density at radius 3 is 1.75 bits per heavy atom. The Bertz CT molecular complexity index is 461. The van der Waals surface area contributed by atoms with Gasteiger partial charge in [0.05, 0.1) is 11.5 Å². The van der Waals surface area contributed by atoms with Crippen molar-refractivity contribution in [2.45, 2.75) is 18.4 Å². The van der Waals surface area contributed by atoms with Crippen molar-refractivity contribution in [2.75, 3.05) is 11.5 Å². The normalized spacial score (nSPS) is 10.4. The smallest absolute Gasteiger partial charge is 0.313 e. The fourth-order valence-corrected chi connectivity index (χ4v) is 3.08. The molecule has 0 radical (unpaired) electrons. The second-order valence-corrected chi connectivity index (χ2v) is 6.18. The standard InChI is InChI=1S/C13H16O5S2/c1-8-2-9(4-19-6-11(14)15)13(18)10(3-8)5-20-7-12(16)17/h2-3,18H,4-7H2,1H3,(H,14,15)(H,16,17). The lowest BCUT2D eigenvalue weighted by molar-refractivity contribution is -0.134. The van der Waals surface area contributed by atoms with Crippen LogP contribution in [0.5, 0.6) is 5.75 Å². The highest BCUT2D eigenvalue weighted by Crippen LogP contribution is 2.30. The lowest BCUT2D eigenvalue weighted by Gasteiger charge is -2.11. The van der Waals surface area contributed by atoms with Gasteiger partial charge in [-0.25, -0.2) is 0 Å². The summed E-state index contributed by atoms with van der Waals surface area (Å²) in [6.07, 6.45) is 0. The van der Waals surface area contributed by atoms with E-state index in [0.717, 1.165) is 5.56 Å². The number of rotatable bonds is 8. The fraction of sp³-hybridized carbons (Fsp3) is 0.385. The van der Waals surface area contributed by atoms with Crippen LogP contribution in [-0.4, -0.2) is 38.8 Å². The maximum absolute atomic E-state index is 10.5. The predicted molar refractivity (Wildman–Crippen MR) is 80.4 cm³/mol. The molecule has 0 unspecified atom stereocenters. The number of thioether (sulfide) groups is 2. The van der Waals surface area contributed by atoms with Gasteiger partial charge in [-0.2, -0.15) is 0 Å². The maximum atomic E-state index is 10.5. The second-order valence-electron chi connectivity index (χ2n) is 4.20. The highest BCUT2D eigenvalue weighted by Gasteiger charge is 2.10. The van der Waals surface area contributed by atoms with Crippen LogP contribution >= 0.6 is 23.5 Å². The largest absolute Gasteiger partial charge is 0.507 e. The number of hydrogen-bond donors (Lipinski definition) is 3. The van der Waals surface area contributed by atoms with Gasteiger partial charge in [0.2, 0.25) is 0 Å². The van der Waals surface area contributed by atoms with Gasteiger partial charge in [-0.05, 0) is 6.92 Å². The van der Waals surface area contributed by atoms with Crippen molar-refractivity contribution in [3.8, 4) is 5.75 Å². The summed E-state index contributed by atoms with van der Waals surface area (Å²) in [4.78, 5) is 20.9. The molecule has 1 aromatic carbocycles. The topological polar surface area (TPSA) is 94.8 Å². The molecule has 0 saturated carbocycles. The summed E-state index contributed by atoms with van der Waals surface area (Å²) in [6.45, 7) is 1.89. The molecular formula is C13H16O5S2. The zero-order valence-corrected chi connectivity index (χ0v) is 12.6. The van der Waals surface area contributed by atoms with E-state index in [2.05, 4.69) is 0 Å². The first-order valence-electron chi connectivity index (χ1n) is 5.80. The van der Waals surface area contributed by atoms with Gasteiger partial charge in [-0.3, -0.25) is 9.59 Å². The SMILES string of the molecule is Cc1cc(CSCC(=O)O)c(O)c(CSCC(=O)O)c1. The van der Waals surface area contributed by atoms with Crippen molar-refractivity contribution in [3.05, 3.63) is 28.8 Å². The number of carboxylic acids is 2. The third-order valence-corrected chi connectivity index (χ3v) is 4.31. The Balaban J connectivity index is 2.72. The Hall–Kier alpha value is -1.34. The minimum Gasteiger partial charge on any atom is -0.507 e. The first kappa shape index (κ1) is 16.7. The van der Waals surface area contributed by atoms with Crippen LogP contribution in [0.25, 0.3) is 0 Å². The maximum Gasteiger partial charge on any atom is 0.313 e. The number of hydrogen-bond acceptors (Lipinski definition) is 5. The molecule has 0 heterocycles. The zero-order chi connectivity index (χ0) is 15.1. The van der Waals surface area contributed by atoms with Crippen molar-refractivity contribution in [2.24, 2.45) is 0 Å². The number of phenolic OH excluding ortho intramolecular Hbond substituents is 1. The molecule has 1 aromatic rings. The van der Waals surface area contributed by atoms with Gasteiger partial charge in [0.15, 0.2) is 0 Å². The molecule has 0 amide bonds. The molecule has 0 fully saturated rings. The summed E-state index contributed by atoms with van der Waals surface area (Å²) >= 11 is 2.43. The van der Waals surface area contributed by atoms with E-state index < -0.39 is 11.9 Å². The number of carbonyl (C=O) groups is 2. The summed E-state index contributed by atoms with van der Waals surface area (Å²) in [5, 5.41) is 27.3. The monoisotopic (exact) mass is 316 g/mol. The average molecular weight is 316 g/mol. The Morgan fingerprint density at radius 2 is 1.40 bits per heavy atom. The zero-order valence-electron chi connectivity index (χ0n) is 11.0. The van der Waals surface area contributed by atoms with Gasteiger partial charge in [-0.1, -0.05) is 17.7 Å². The summed E-state index contributed by atoms with van der Waals surface area (Å²) < 4.78 is 0. The van der Waals surface area contributed by atoms with E-state index in [1.165, 1.54) is 23.5 Å². The molecular weight excluding hydrogens is 300 g/mol. The van der Waals surface area contributed by atoms with Crippen molar-refractivity contribution >= 4 is 35.5 Å². The molecule has 0 saturated heterocycles. The molecule has 3 N–H and O–H groups in total. The van der Waals surface area contributed by atoms with E-state index in [9.17, 15) is 14.7 Å². The third kappa shape index (κ3) is 5.75. The van der Waals surface area contributed by atoms with Gasteiger partial charge in [0, 0.05) is 22.6 Å². The van der Waals surface area contributed by atoms with Gasteiger partial charge < -0.3 is 15.3 Å². The fourth-order valence-electron chi connectivity index (χ4n) is 1.65. The molecule has 0 aliphatic rings. The highest BCUT2D eigenvalue weighted by molar-refractivity contribution is 7.99. The van der Waals surface area contributed by atoms with Crippen LogP contribution in [0.2, 0.25) is 0 Å². The van der Waals surface area contributed by atoms with Crippen molar-refractivity contribution in [1.82, 2.24) is 0 Å². The van der Waals surface area contributed by atoms with E-state index in [1.54, 1.807) is 0 Å². The van der Waals surface area contributed by atoms with Crippen molar-refractivity contribution in [3.63, 3.8) is 0 Å². The number of aliphatic carboxylic acids is 2. The first-order valence-corrected chi connectivity index (χ1v) is 8.11. The molecule has 0 spiro atoms. The summed E-state index contributed by atoms with van der Waals surface area (Å²) in [5.41, 5.74) is 2.32. The van der Waals surface area contributed by atoms with Crippen LogP contribution in [-0.2, 0) is 21.1 Å². The van der Waals surface area contributed by atoms with E-state index in [0.29, 0.717) is 22.6 Å². The van der Waals surface area contributed by atoms with E-state index in [4.69, 9.17) is 10.2 Å². The van der Waals surface area contributed by atoms with Gasteiger partial charge in [-0.15, -0.1) is 23.5 Å². The van der Waals surface area contributed by atoms with Gasteiger partial charge in [0.1, 0.15) is 5.75 Å². The number of aryl methyl sites for hydroxylation is 1. The van der Waals surface area contributed by atoms with Crippen LogP contribution < -0.4 is 0 Å². The van der Waals surface area contributed by atoms with Crippen LogP contribution in [0.1, 0.15) is 16.7 Å². The van der Waals surface area contributed by atoms with Crippen molar-refractivity contribution < 1.29 is 24.9 Å². The van der Waals surface area contributed by atoms with Crippen molar-refractivity contribution in [1.29, 1.82) is 0 Å². The molecule has 5 nitrogen and oxygen atoms in total. The Morgan fingerprint density at radius 1 is 1.00 bits per heavy atom. The lowest BCUT2D eigenvalue weighted by atomic mass is 10.1. The molecule has 0 atom stereocenters. The van der Waals surface area contributed by atoms with Gasteiger partial charge in [0.25, 0.3) is 0 Å². The highest BCUT2D eigenvalue weighted by atomic mass is 32.2. The van der Waals surface area contributed by atoms with Crippen LogP contribution in [0.3, 0.4) is 0 Å². The number of phenols is 1. The minimum atomic E-state index is -0.889. The summed E-state index contributed by atoms with van der Waals surface area (Å²) in [6, 6.07) is 3.63. The summed E-state index contributed by atoms with van der Waals surface area (Å²) in [7, 11) is 0. The number of carboxylic acid groups (broad SMARTS) is 2. The molecule has 110 valence electrons. The molecule has 0 aromatic heterocycles. The van der Waals surface area contributed by atoms with Crippen LogP contribution in [0.4, 0.5) is 0 Å². The molecule has 7 heteroatoms.